The highest BCUT2D eigenvalue weighted by Gasteiger charge is 2.39. The Balaban J connectivity index is 0.000000227. The summed E-state index contributed by atoms with van der Waals surface area (Å²) in [7, 11) is 0. The molecule has 3 heterocycles. The Morgan fingerprint density at radius 3 is 1.49 bits per heavy atom. The van der Waals surface area contributed by atoms with Gasteiger partial charge in [0.25, 0.3) is 0 Å². The molecule has 0 unspecified atom stereocenters. The van der Waals surface area contributed by atoms with Gasteiger partial charge in [0.15, 0.2) is 5.78 Å². The molecule has 0 atom stereocenters. The van der Waals surface area contributed by atoms with Gasteiger partial charge in [0, 0.05) is 60.6 Å². The minimum Gasteiger partial charge on any atom is -0.413 e. The summed E-state index contributed by atoms with van der Waals surface area (Å²) in [5.41, 5.74) is -1.25. The van der Waals surface area contributed by atoms with Crippen LogP contribution in [0.15, 0.2) is 77.2 Å². The molecule has 2 saturated heterocycles. The summed E-state index contributed by atoms with van der Waals surface area (Å²) >= 11 is 0. The van der Waals surface area contributed by atoms with Crippen molar-refractivity contribution in [2.75, 3.05) is 69.0 Å². The Kier molecular flexibility index (Phi) is 16.2. The Morgan fingerprint density at radius 2 is 1.07 bits per heavy atom. The van der Waals surface area contributed by atoms with Gasteiger partial charge in [-0.3, -0.25) is 19.4 Å². The summed E-state index contributed by atoms with van der Waals surface area (Å²) in [6.07, 6.45) is -10.0. The molecule has 26 heteroatoms. The summed E-state index contributed by atoms with van der Waals surface area (Å²) in [6.45, 7) is -0.127. The van der Waals surface area contributed by atoms with Crippen LogP contribution in [0.2, 0.25) is 0 Å². The third-order valence-corrected chi connectivity index (χ3v) is 10.1. The lowest BCUT2D eigenvalue weighted by Crippen LogP contribution is -2.48. The van der Waals surface area contributed by atoms with Crippen LogP contribution in [0.25, 0.3) is 11.5 Å². The molecule has 2 aliphatic rings. The number of aromatic nitrogens is 2. The van der Waals surface area contributed by atoms with Crippen LogP contribution in [-0.4, -0.2) is 109 Å². The number of carbonyl (C=O) groups excluding carboxylic acids is 4. The van der Waals surface area contributed by atoms with Gasteiger partial charge in [-0.1, -0.05) is 18.2 Å². The molecule has 1 N–H and O–H groups in total. The van der Waals surface area contributed by atoms with E-state index in [0.717, 1.165) is 58.3 Å². The maximum absolute atomic E-state index is 14.9. The van der Waals surface area contributed by atoms with Crippen molar-refractivity contribution < 1.29 is 85.8 Å². The number of alkyl halides is 6. The largest absolute Gasteiger partial charge is 0.471 e. The second-order valence-electron chi connectivity index (χ2n) is 14.8. The van der Waals surface area contributed by atoms with Gasteiger partial charge < -0.3 is 29.0 Å². The zero-order valence-electron chi connectivity index (χ0n) is 35.3. The zero-order valence-corrected chi connectivity index (χ0v) is 35.3. The molecule has 5 amide bonds. The van der Waals surface area contributed by atoms with Crippen LogP contribution in [0.3, 0.4) is 0 Å². The molecule has 4 aromatic carbocycles. The van der Waals surface area contributed by atoms with Gasteiger partial charge in [0.1, 0.15) is 34.9 Å². The first kappa shape index (κ1) is 51.2. The standard InChI is InChI=1S/C22H19F6N3O4.C21H16F6N4O3/c23-15-3-4-18(17(25)10-15)31(21(34)30-5-7-35-8-6-30)12-14-2-1-13(9-16(14)24)19(32)11-29-20(33)22(26,27)28;22-14-3-4-17(16(24)10-14)31(20(32)30-5-7-33-8-6-30)11-13-2-1-12(9-15(13)23)18-28-29-19(34-18)21(25,26)27/h1-4,9-10H,5-8,11-12H2,(H,29,33);1-4,9-10H,5-8,11H2. The van der Waals surface area contributed by atoms with Gasteiger partial charge in [-0.15, -0.1) is 10.2 Å². The van der Waals surface area contributed by atoms with E-state index in [-0.39, 0.29) is 86.2 Å². The fourth-order valence-corrected chi connectivity index (χ4v) is 6.58. The molecule has 2 aliphatic heterocycles. The van der Waals surface area contributed by atoms with Crippen LogP contribution in [0.4, 0.5) is 73.6 Å². The first-order valence-electron chi connectivity index (χ1n) is 20.1. The number of carbonyl (C=O) groups is 4. The molecule has 1 aromatic heterocycles. The summed E-state index contributed by atoms with van der Waals surface area (Å²) in [6, 6.07) is 10.0. The fourth-order valence-electron chi connectivity index (χ4n) is 6.58. The van der Waals surface area contributed by atoms with Crippen molar-refractivity contribution in [2.24, 2.45) is 0 Å². The van der Waals surface area contributed by atoms with Crippen LogP contribution >= 0.6 is 0 Å². The van der Waals surface area contributed by atoms with E-state index in [1.807, 2.05) is 0 Å². The van der Waals surface area contributed by atoms with Crippen molar-refractivity contribution >= 4 is 35.1 Å². The highest BCUT2D eigenvalue weighted by Crippen LogP contribution is 2.32. The predicted octanol–water partition coefficient (Wildman–Crippen LogP) is 8.06. The Hall–Kier alpha value is -7.22. The van der Waals surface area contributed by atoms with Crippen LogP contribution in [0.1, 0.15) is 27.4 Å². The molecule has 0 saturated carbocycles. The molecule has 14 nitrogen and oxygen atoms in total. The van der Waals surface area contributed by atoms with Crippen LogP contribution in [0.5, 0.6) is 0 Å². The fraction of sp³-hybridized carbons (Fsp3) is 0.302. The smallest absolute Gasteiger partial charge is 0.413 e. The minimum atomic E-state index is -5.18. The molecule has 2 fully saturated rings. The van der Waals surface area contributed by atoms with E-state index in [2.05, 4.69) is 14.6 Å². The Bertz CT molecular complexity index is 2670. The number of morpholine rings is 2. The number of benzene rings is 4. The quantitative estimate of drug-likeness (QED) is 0.108. The maximum atomic E-state index is 14.9. The van der Waals surface area contributed by atoms with E-state index in [9.17, 15) is 71.9 Å². The maximum Gasteiger partial charge on any atom is 0.471 e. The van der Waals surface area contributed by atoms with Gasteiger partial charge in [-0.2, -0.15) is 26.3 Å². The van der Waals surface area contributed by atoms with E-state index >= 15 is 0 Å². The molecule has 0 spiro atoms. The number of hydrogen-bond donors (Lipinski definition) is 1. The summed E-state index contributed by atoms with van der Waals surface area (Å²) in [4.78, 5) is 53.7. The number of anilines is 2. The summed E-state index contributed by atoms with van der Waals surface area (Å²) in [5, 5.41) is 7.55. The van der Waals surface area contributed by atoms with E-state index in [1.165, 1.54) is 27.2 Å². The van der Waals surface area contributed by atoms with Gasteiger partial charge in [-0.05, 0) is 42.5 Å². The molecule has 368 valence electrons. The second kappa shape index (κ2) is 21.8. The SMILES string of the molecule is O=C(CNC(=O)C(F)(F)F)c1ccc(CN(C(=O)N2CCOCC2)c2ccc(F)cc2F)c(F)c1.O=C(N1CCOCC1)N(Cc1ccc(-c2nnc(C(F)(F)F)o2)cc1F)c1ccc(F)cc1F. The van der Waals surface area contributed by atoms with Gasteiger partial charge in [0.2, 0.25) is 5.89 Å². The number of rotatable bonds is 10. The number of Topliss-reactive ketones (excluding diaryl/α,β-unsaturated/α-hetero) is 1. The number of nitrogens with zero attached hydrogens (tertiary/aromatic N) is 6. The number of urea groups is 2. The van der Waals surface area contributed by atoms with Crippen molar-refractivity contribution in [3.63, 3.8) is 0 Å². The predicted molar refractivity (Wildman–Crippen MR) is 215 cm³/mol. The van der Waals surface area contributed by atoms with Gasteiger partial charge >= 0.3 is 36.2 Å². The van der Waals surface area contributed by atoms with Crippen molar-refractivity contribution in [3.05, 3.63) is 130 Å². The number of ketones is 1. The van der Waals surface area contributed by atoms with E-state index < -0.39 is 102 Å². The average molecular weight is 990 g/mol. The molecule has 0 aliphatic carbocycles. The van der Waals surface area contributed by atoms with Crippen molar-refractivity contribution in [1.82, 2.24) is 25.3 Å². The van der Waals surface area contributed by atoms with E-state index in [0.29, 0.717) is 12.1 Å². The zero-order chi connectivity index (χ0) is 50.2. The molecule has 69 heavy (non-hydrogen) atoms. The Morgan fingerprint density at radius 1 is 0.594 bits per heavy atom. The summed E-state index contributed by atoms with van der Waals surface area (Å²) in [5.74, 6) is -11.2. The molecule has 5 aromatic rings. The van der Waals surface area contributed by atoms with Gasteiger partial charge in [0.05, 0.1) is 57.4 Å². The molecule has 0 radical (unpaired) electrons. The van der Waals surface area contributed by atoms with Crippen molar-refractivity contribution in [1.29, 1.82) is 0 Å². The van der Waals surface area contributed by atoms with E-state index in [4.69, 9.17) is 9.47 Å². The van der Waals surface area contributed by atoms with Crippen molar-refractivity contribution in [2.45, 2.75) is 25.4 Å². The number of amides is 5. The van der Waals surface area contributed by atoms with Crippen LogP contribution in [-0.2, 0) is 33.5 Å². The first-order chi connectivity index (χ1) is 32.6. The molecular weight excluding hydrogens is 954 g/mol. The van der Waals surface area contributed by atoms with Gasteiger partial charge in [-0.25, -0.2) is 35.9 Å². The van der Waals surface area contributed by atoms with E-state index in [1.54, 1.807) is 0 Å². The van der Waals surface area contributed by atoms with Crippen molar-refractivity contribution in [3.8, 4) is 11.5 Å². The number of hydrogen-bond acceptors (Lipinski definition) is 9. The van der Waals surface area contributed by atoms with Crippen LogP contribution in [0, 0.1) is 34.9 Å². The lowest BCUT2D eigenvalue weighted by molar-refractivity contribution is -0.173. The molecule has 0 bridgehead atoms. The van der Waals surface area contributed by atoms with Crippen LogP contribution < -0.4 is 15.1 Å². The average Bonchev–Trinajstić information content (AvgIpc) is 3.82. The first-order valence-corrected chi connectivity index (χ1v) is 20.1. The third kappa shape index (κ3) is 13.1. The third-order valence-electron chi connectivity index (χ3n) is 10.1. The summed E-state index contributed by atoms with van der Waals surface area (Å²) < 4.78 is 175. The topological polar surface area (TPSA) is 151 Å². The number of nitrogens with one attached hydrogen (secondary N) is 1. The highest BCUT2D eigenvalue weighted by atomic mass is 19.4. The molecular formula is C43H35F12N7O7. The Labute approximate surface area is 382 Å². The normalized spacial score (nSPS) is 14.1. The lowest BCUT2D eigenvalue weighted by atomic mass is 10.1. The lowest BCUT2D eigenvalue weighted by Gasteiger charge is -2.33. The molecule has 7 rings (SSSR count). The number of ether oxygens (including phenoxy) is 2. The highest BCUT2D eigenvalue weighted by molar-refractivity contribution is 6.00. The second-order valence-corrected chi connectivity index (χ2v) is 14.8. The minimum absolute atomic E-state index is 0.0790. The monoisotopic (exact) mass is 989 g/mol. The number of halogens is 12.